The predicted octanol–water partition coefficient (Wildman–Crippen LogP) is 3.78. The molecule has 4 N–H and O–H groups in total. The summed E-state index contributed by atoms with van der Waals surface area (Å²) < 4.78 is 11.0. The Kier molecular flexibility index (Phi) is 10.9. The molecule has 0 fully saturated rings. The Bertz CT molecular complexity index is 951. The van der Waals surface area contributed by atoms with Crippen molar-refractivity contribution in [2.75, 3.05) is 19.8 Å². The molecule has 2 aromatic carbocycles. The van der Waals surface area contributed by atoms with Gasteiger partial charge in [-0.25, -0.2) is 4.79 Å². The first kappa shape index (κ1) is 27.2. The molecule has 0 bridgehead atoms. The highest BCUT2D eigenvalue weighted by Crippen LogP contribution is 2.20. The first-order chi connectivity index (χ1) is 16.2. The van der Waals surface area contributed by atoms with Crippen LogP contribution in [0.5, 0.6) is 5.75 Å². The van der Waals surface area contributed by atoms with Gasteiger partial charge in [0.05, 0.1) is 6.61 Å². The smallest absolute Gasteiger partial charge is 0.347 e. The number of aliphatic carboxylic acids is 1. The average Bonchev–Trinajstić information content (AvgIpc) is 2.79. The fourth-order valence-electron chi connectivity index (χ4n) is 3.31. The van der Waals surface area contributed by atoms with Crippen LogP contribution in [0.4, 0.5) is 0 Å². The molecule has 0 aliphatic heterocycles. The summed E-state index contributed by atoms with van der Waals surface area (Å²) in [5.41, 5.74) is 2.16. The monoisotopic (exact) mass is 468 g/mol. The van der Waals surface area contributed by atoms with Gasteiger partial charge in [-0.15, -0.1) is 0 Å². The van der Waals surface area contributed by atoms with E-state index >= 15 is 0 Å². The maximum Gasteiger partial charge on any atom is 0.347 e. The zero-order chi connectivity index (χ0) is 25.0. The van der Waals surface area contributed by atoms with Crippen molar-refractivity contribution >= 4 is 17.6 Å². The standard InChI is InChI=1S/C27H37N3O4/c1-5-33-18-17-29-25(30-24(28)19-22-11-9-20(2)10-12-22)8-6-7-21-13-15-23(16-14-21)34-27(3,4)26(31)32/h9-16H,5-8,17-19H2,1-4H3,(H,31,32)(H2,28,29,30)/p+1. The van der Waals surface area contributed by atoms with Gasteiger partial charge in [-0.3, -0.25) is 10.7 Å². The van der Waals surface area contributed by atoms with Gasteiger partial charge in [0.15, 0.2) is 5.60 Å². The highest BCUT2D eigenvalue weighted by Gasteiger charge is 2.29. The first-order valence-corrected chi connectivity index (χ1v) is 11.8. The molecule has 0 unspecified atom stereocenters. The van der Waals surface area contributed by atoms with Crippen molar-refractivity contribution in [1.82, 2.24) is 0 Å². The van der Waals surface area contributed by atoms with Gasteiger partial charge >= 0.3 is 5.97 Å². The van der Waals surface area contributed by atoms with Crippen LogP contribution in [0.1, 0.15) is 50.3 Å². The maximum atomic E-state index is 11.2. The molecular formula is C27H38N3O4+. The fourth-order valence-corrected chi connectivity index (χ4v) is 3.31. The zero-order valence-electron chi connectivity index (χ0n) is 20.8. The number of hydrogen-bond donors (Lipinski definition) is 3. The van der Waals surface area contributed by atoms with Crippen molar-refractivity contribution in [3.63, 3.8) is 0 Å². The number of hydrogen-bond acceptors (Lipinski definition) is 4. The number of aliphatic imine (C=N–C) groups is 1. The summed E-state index contributed by atoms with van der Waals surface area (Å²) in [6.07, 6.45) is 3.03. The number of nitrogens with zero attached hydrogens (tertiary/aromatic N) is 1. The van der Waals surface area contributed by atoms with E-state index in [1.54, 1.807) is 12.1 Å². The van der Waals surface area contributed by atoms with Crippen molar-refractivity contribution in [3.8, 4) is 5.75 Å². The SMILES string of the molecule is CCOCC[NH2+]C(CCCc1ccc(OC(C)(C)C(=O)O)cc1)=NC(=N)Cc1ccc(C)cc1. The van der Waals surface area contributed by atoms with E-state index in [4.69, 9.17) is 14.9 Å². The summed E-state index contributed by atoms with van der Waals surface area (Å²) in [6.45, 7) is 9.20. The Labute approximate surface area is 202 Å². The number of benzene rings is 2. The van der Waals surface area contributed by atoms with Crippen LogP contribution in [0.25, 0.3) is 0 Å². The van der Waals surface area contributed by atoms with Crippen molar-refractivity contribution < 1.29 is 24.7 Å². The number of carboxylic acids is 1. The van der Waals surface area contributed by atoms with Crippen molar-refractivity contribution in [2.24, 2.45) is 4.99 Å². The minimum Gasteiger partial charge on any atom is -0.478 e. The third kappa shape index (κ3) is 9.85. The van der Waals surface area contributed by atoms with Gasteiger partial charge in [-0.2, -0.15) is 4.99 Å². The topological polar surface area (TPSA) is 109 Å². The van der Waals surface area contributed by atoms with Crippen LogP contribution in [0.3, 0.4) is 0 Å². The Morgan fingerprint density at radius 2 is 1.74 bits per heavy atom. The highest BCUT2D eigenvalue weighted by atomic mass is 16.5. The molecule has 2 aromatic rings. The number of nitrogens with one attached hydrogen (secondary N) is 1. The van der Waals surface area contributed by atoms with E-state index in [9.17, 15) is 9.90 Å². The van der Waals surface area contributed by atoms with Crippen molar-refractivity contribution in [1.29, 1.82) is 5.41 Å². The van der Waals surface area contributed by atoms with Crippen LogP contribution < -0.4 is 10.1 Å². The second kappa shape index (κ2) is 13.6. The van der Waals surface area contributed by atoms with Gasteiger partial charge in [0, 0.05) is 19.4 Å². The lowest BCUT2D eigenvalue weighted by molar-refractivity contribution is -0.544. The molecule has 7 heteroatoms. The van der Waals surface area contributed by atoms with Crippen LogP contribution in [0.2, 0.25) is 0 Å². The van der Waals surface area contributed by atoms with Gasteiger partial charge in [0.1, 0.15) is 18.1 Å². The first-order valence-electron chi connectivity index (χ1n) is 11.8. The third-order valence-electron chi connectivity index (χ3n) is 5.33. The molecule has 0 amide bonds. The third-order valence-corrected chi connectivity index (χ3v) is 5.33. The normalized spacial score (nSPS) is 11.9. The summed E-state index contributed by atoms with van der Waals surface area (Å²) in [7, 11) is 0. The van der Waals surface area contributed by atoms with Crippen molar-refractivity contribution in [2.45, 2.75) is 59.0 Å². The van der Waals surface area contributed by atoms with E-state index in [1.807, 2.05) is 31.2 Å². The quantitative estimate of drug-likeness (QED) is 0.236. The van der Waals surface area contributed by atoms with Crippen LogP contribution in [-0.2, 0) is 22.4 Å². The number of carboxylic acid groups (broad SMARTS) is 1. The number of amidine groups is 2. The number of aryl methyl sites for hydroxylation is 2. The summed E-state index contributed by atoms with van der Waals surface area (Å²) in [6, 6.07) is 15.7. The summed E-state index contributed by atoms with van der Waals surface area (Å²) in [4.78, 5) is 15.8. The van der Waals surface area contributed by atoms with Gasteiger partial charge in [-0.1, -0.05) is 42.0 Å². The minimum atomic E-state index is -1.27. The number of quaternary nitrogens is 1. The summed E-state index contributed by atoms with van der Waals surface area (Å²) in [5, 5.41) is 19.6. The second-order valence-electron chi connectivity index (χ2n) is 8.82. The van der Waals surface area contributed by atoms with Gasteiger partial charge < -0.3 is 14.6 Å². The second-order valence-corrected chi connectivity index (χ2v) is 8.82. The lowest BCUT2D eigenvalue weighted by Crippen LogP contribution is -2.89. The Balaban J connectivity index is 1.93. The Morgan fingerprint density at radius 1 is 1.09 bits per heavy atom. The molecule has 0 heterocycles. The molecule has 34 heavy (non-hydrogen) atoms. The van der Waals surface area contributed by atoms with E-state index < -0.39 is 11.6 Å². The Morgan fingerprint density at radius 3 is 2.35 bits per heavy atom. The molecule has 0 spiro atoms. The molecule has 2 rings (SSSR count). The van der Waals surface area contributed by atoms with E-state index in [2.05, 4.69) is 29.4 Å². The molecule has 0 atom stereocenters. The minimum absolute atomic E-state index is 0.356. The van der Waals surface area contributed by atoms with Gasteiger partial charge in [0.2, 0.25) is 5.84 Å². The molecule has 0 aromatic heterocycles. The molecule has 0 saturated heterocycles. The molecule has 184 valence electrons. The number of ether oxygens (including phenoxy) is 2. The molecule has 0 aliphatic rings. The van der Waals surface area contributed by atoms with Crippen LogP contribution in [0, 0.1) is 12.3 Å². The molecule has 0 radical (unpaired) electrons. The van der Waals surface area contributed by atoms with Gasteiger partial charge in [0.25, 0.3) is 0 Å². The van der Waals surface area contributed by atoms with Crippen LogP contribution in [-0.4, -0.2) is 48.1 Å². The number of nitrogens with two attached hydrogens (primary N) is 1. The lowest BCUT2D eigenvalue weighted by Gasteiger charge is -2.21. The molecular weight excluding hydrogens is 430 g/mol. The van der Waals surface area contributed by atoms with Crippen LogP contribution in [0.15, 0.2) is 53.5 Å². The summed E-state index contributed by atoms with van der Waals surface area (Å²) in [5.74, 6) is 0.804. The fraction of sp³-hybridized carbons (Fsp3) is 0.444. The number of carbonyl (C=O) groups is 1. The van der Waals surface area contributed by atoms with E-state index in [-0.39, 0.29) is 0 Å². The maximum absolute atomic E-state index is 11.2. The summed E-state index contributed by atoms with van der Waals surface area (Å²) >= 11 is 0. The molecule has 7 nitrogen and oxygen atoms in total. The highest BCUT2D eigenvalue weighted by molar-refractivity contribution is 5.92. The van der Waals surface area contributed by atoms with Gasteiger partial charge in [-0.05, 0) is 63.8 Å². The Hall–Kier alpha value is -3.03. The van der Waals surface area contributed by atoms with Crippen molar-refractivity contribution in [3.05, 3.63) is 65.2 Å². The van der Waals surface area contributed by atoms with E-state index in [0.29, 0.717) is 31.2 Å². The molecule has 0 aliphatic carbocycles. The zero-order valence-corrected chi connectivity index (χ0v) is 20.8. The number of rotatable bonds is 13. The largest absolute Gasteiger partial charge is 0.478 e. The molecule has 0 saturated carbocycles. The van der Waals surface area contributed by atoms with E-state index in [0.717, 1.165) is 42.8 Å². The lowest BCUT2D eigenvalue weighted by atomic mass is 10.1. The average molecular weight is 469 g/mol. The predicted molar refractivity (Wildman–Crippen MR) is 135 cm³/mol. The van der Waals surface area contributed by atoms with E-state index in [1.165, 1.54) is 19.4 Å². The van der Waals surface area contributed by atoms with Crippen LogP contribution >= 0.6 is 0 Å².